The highest BCUT2D eigenvalue weighted by Crippen LogP contribution is 2.29. The summed E-state index contributed by atoms with van der Waals surface area (Å²) in [6.45, 7) is 10.4. The Kier molecular flexibility index (Phi) is 15.1. The third-order valence-corrected chi connectivity index (χ3v) is 9.32. The van der Waals surface area contributed by atoms with Gasteiger partial charge in [0.05, 0.1) is 25.4 Å². The van der Waals surface area contributed by atoms with Crippen LogP contribution in [-0.4, -0.2) is 91.4 Å². The highest BCUT2D eigenvalue weighted by atomic mass is 32.2. The molecule has 2 rings (SSSR count). The van der Waals surface area contributed by atoms with E-state index in [1.807, 2.05) is 20.8 Å². The van der Waals surface area contributed by atoms with Crippen LogP contribution >= 0.6 is 0 Å². The van der Waals surface area contributed by atoms with Crippen molar-refractivity contribution in [2.24, 2.45) is 11.8 Å². The lowest BCUT2D eigenvalue weighted by molar-refractivity contribution is -0.131. The van der Waals surface area contributed by atoms with E-state index in [1.54, 1.807) is 0 Å². The average Bonchev–Trinajstić information content (AvgIpc) is 2.92. The molecule has 0 aromatic rings. The minimum Gasteiger partial charge on any atom is -0.390 e. The quantitative estimate of drug-likeness (QED) is 0.162. The van der Waals surface area contributed by atoms with Gasteiger partial charge in [-0.15, -0.1) is 6.58 Å². The van der Waals surface area contributed by atoms with Crippen LogP contribution in [0, 0.1) is 11.8 Å². The molecule has 1 aliphatic heterocycles. The Labute approximate surface area is 240 Å². The lowest BCUT2D eigenvalue weighted by Gasteiger charge is -2.34. The van der Waals surface area contributed by atoms with Crippen molar-refractivity contribution < 1.29 is 33.0 Å². The van der Waals surface area contributed by atoms with Crippen LogP contribution in [0.5, 0.6) is 0 Å². The van der Waals surface area contributed by atoms with Crippen molar-refractivity contribution in [1.82, 2.24) is 19.7 Å². The molecule has 1 saturated heterocycles. The second-order valence-electron chi connectivity index (χ2n) is 11.6. The van der Waals surface area contributed by atoms with E-state index in [0.717, 1.165) is 25.7 Å². The van der Waals surface area contributed by atoms with Gasteiger partial charge in [0.2, 0.25) is 11.8 Å². The minimum absolute atomic E-state index is 0.118. The molecule has 0 unspecified atom stereocenters. The number of ether oxygens (including phenoxy) is 1. The molecule has 2 fully saturated rings. The number of carbonyl (C=O) groups is 2. The zero-order chi connectivity index (χ0) is 29.7. The Morgan fingerprint density at radius 1 is 1.05 bits per heavy atom. The summed E-state index contributed by atoms with van der Waals surface area (Å²) in [5, 5.41) is 27.3. The molecule has 11 nitrogen and oxygen atoms in total. The number of amides is 2. The summed E-state index contributed by atoms with van der Waals surface area (Å²) >= 11 is 0. The second-order valence-corrected chi connectivity index (χ2v) is 13.3. The smallest absolute Gasteiger partial charge is 0.280 e. The van der Waals surface area contributed by atoms with Gasteiger partial charge in [0.25, 0.3) is 10.2 Å². The number of nitrogens with one attached hydrogen (secondary N) is 3. The summed E-state index contributed by atoms with van der Waals surface area (Å²) < 4.78 is 34.8. The average molecular weight is 589 g/mol. The van der Waals surface area contributed by atoms with E-state index in [9.17, 15) is 28.2 Å². The van der Waals surface area contributed by atoms with Crippen LogP contribution in [0.3, 0.4) is 0 Å². The van der Waals surface area contributed by atoms with E-state index in [1.165, 1.54) is 16.8 Å². The van der Waals surface area contributed by atoms with Gasteiger partial charge in [-0.1, -0.05) is 65.4 Å². The van der Waals surface area contributed by atoms with Crippen LogP contribution < -0.4 is 15.4 Å². The maximum Gasteiger partial charge on any atom is 0.280 e. The Balaban J connectivity index is 2.14. The summed E-state index contributed by atoms with van der Waals surface area (Å²) in [6, 6.07) is -2.75. The van der Waals surface area contributed by atoms with Gasteiger partial charge in [0.15, 0.2) is 0 Å². The molecule has 0 radical (unpaired) electrons. The Bertz CT molecular complexity index is 889. The van der Waals surface area contributed by atoms with Crippen LogP contribution in [0.1, 0.15) is 85.0 Å². The van der Waals surface area contributed by atoms with Gasteiger partial charge in [-0.05, 0) is 37.5 Å². The van der Waals surface area contributed by atoms with Crippen LogP contribution in [0.4, 0.5) is 0 Å². The number of rotatable bonds is 17. The molecule has 5 N–H and O–H groups in total. The van der Waals surface area contributed by atoms with Crippen molar-refractivity contribution in [3.63, 3.8) is 0 Å². The molecule has 5 atom stereocenters. The first-order valence-electron chi connectivity index (χ1n) is 14.9. The Morgan fingerprint density at radius 3 is 2.25 bits per heavy atom. The van der Waals surface area contributed by atoms with Crippen LogP contribution in [0.2, 0.25) is 0 Å². The van der Waals surface area contributed by atoms with Crippen molar-refractivity contribution in [1.29, 1.82) is 0 Å². The van der Waals surface area contributed by atoms with Crippen molar-refractivity contribution in [2.75, 3.05) is 26.3 Å². The highest BCUT2D eigenvalue weighted by Gasteiger charge is 2.35. The fourth-order valence-corrected chi connectivity index (χ4v) is 6.85. The summed E-state index contributed by atoms with van der Waals surface area (Å²) in [5.41, 5.74) is 0. The fourth-order valence-electron chi connectivity index (χ4n) is 5.48. The number of aliphatic hydroxyl groups is 2. The second kappa shape index (κ2) is 17.4. The largest absolute Gasteiger partial charge is 0.390 e. The zero-order valence-electron chi connectivity index (χ0n) is 24.5. The van der Waals surface area contributed by atoms with Gasteiger partial charge in [-0.25, -0.2) is 0 Å². The topological polar surface area (TPSA) is 157 Å². The standard InChI is InChI=1S/C28H52N4O7S/c1-5-10-22(29-28(36)23(11-6-2)31-40(37,38)32-14-16-39-17-15-32)27(35)30-24(19-21-12-8-7-9-13-21)26(34)25(33)18-20(3)4/h5,20-26,31,33-34H,1,6-19H2,2-4H3,(H,29,36)(H,30,35)/t22-,23-,24-,25-,26+/m0/s1. The van der Waals surface area contributed by atoms with Gasteiger partial charge in [-0.3, -0.25) is 9.59 Å². The summed E-state index contributed by atoms with van der Waals surface area (Å²) in [6.07, 6.45) is 6.61. The van der Waals surface area contributed by atoms with E-state index in [2.05, 4.69) is 21.9 Å². The zero-order valence-corrected chi connectivity index (χ0v) is 25.3. The van der Waals surface area contributed by atoms with Crippen molar-refractivity contribution in [3.05, 3.63) is 12.7 Å². The Morgan fingerprint density at radius 2 is 1.68 bits per heavy atom. The van der Waals surface area contributed by atoms with Crippen LogP contribution in [-0.2, 0) is 24.5 Å². The molecule has 1 saturated carbocycles. The van der Waals surface area contributed by atoms with Gasteiger partial charge < -0.3 is 25.6 Å². The van der Waals surface area contributed by atoms with Gasteiger partial charge in [0.1, 0.15) is 18.2 Å². The maximum absolute atomic E-state index is 13.5. The first-order chi connectivity index (χ1) is 19.0. The van der Waals surface area contributed by atoms with Gasteiger partial charge in [-0.2, -0.15) is 17.4 Å². The normalized spacial score (nSPS) is 21.2. The highest BCUT2D eigenvalue weighted by molar-refractivity contribution is 7.87. The molecule has 2 aliphatic rings. The molecule has 1 aliphatic carbocycles. The molecule has 40 heavy (non-hydrogen) atoms. The third kappa shape index (κ3) is 11.4. The van der Waals surface area contributed by atoms with Crippen molar-refractivity contribution in [3.8, 4) is 0 Å². The number of carbonyl (C=O) groups excluding carboxylic acids is 2. The fraction of sp³-hybridized carbons (Fsp3) is 0.857. The monoisotopic (exact) mass is 588 g/mol. The van der Waals surface area contributed by atoms with E-state index in [4.69, 9.17) is 4.74 Å². The molecule has 0 spiro atoms. The molecule has 1 heterocycles. The van der Waals surface area contributed by atoms with Crippen LogP contribution in [0.15, 0.2) is 12.7 Å². The molecule has 0 aromatic carbocycles. The van der Waals surface area contributed by atoms with E-state index in [0.29, 0.717) is 25.2 Å². The number of hydrogen-bond donors (Lipinski definition) is 5. The van der Waals surface area contributed by atoms with Crippen molar-refractivity contribution >= 4 is 22.0 Å². The maximum atomic E-state index is 13.5. The summed E-state index contributed by atoms with van der Waals surface area (Å²) in [5.74, 6) is -0.614. The number of aliphatic hydroxyl groups excluding tert-OH is 2. The van der Waals surface area contributed by atoms with Crippen LogP contribution in [0.25, 0.3) is 0 Å². The van der Waals surface area contributed by atoms with Crippen molar-refractivity contribution in [2.45, 2.75) is 115 Å². The first-order valence-corrected chi connectivity index (χ1v) is 16.3. The molecular weight excluding hydrogens is 536 g/mol. The molecule has 2 amide bonds. The SMILES string of the molecule is C=CC[C@H](NC(=O)[C@H](CCC)NS(=O)(=O)N1CCOCC1)C(=O)N[C@@H](CC1CCCCC1)[C@@H](O)[C@@H](O)CC(C)C. The van der Waals surface area contributed by atoms with E-state index < -0.39 is 52.4 Å². The minimum atomic E-state index is -3.92. The van der Waals surface area contributed by atoms with Gasteiger partial charge >= 0.3 is 0 Å². The third-order valence-electron chi connectivity index (χ3n) is 7.69. The number of morpholine rings is 1. The van der Waals surface area contributed by atoms with E-state index in [-0.39, 0.29) is 45.1 Å². The number of nitrogens with zero attached hydrogens (tertiary/aromatic N) is 1. The lowest BCUT2D eigenvalue weighted by Crippen LogP contribution is -2.58. The first kappa shape index (κ1) is 34.6. The van der Waals surface area contributed by atoms with E-state index >= 15 is 0 Å². The molecule has 0 aromatic heterocycles. The predicted octanol–water partition coefficient (Wildman–Crippen LogP) is 1.61. The number of hydrogen-bond acceptors (Lipinski definition) is 7. The molecular formula is C28H52N4O7S. The molecule has 12 heteroatoms. The molecule has 232 valence electrons. The lowest BCUT2D eigenvalue weighted by atomic mass is 9.82. The summed E-state index contributed by atoms with van der Waals surface area (Å²) in [7, 11) is -3.92. The molecule has 0 bridgehead atoms. The Hall–Kier alpha value is -1.57. The summed E-state index contributed by atoms with van der Waals surface area (Å²) in [4.78, 5) is 26.7. The van der Waals surface area contributed by atoms with Gasteiger partial charge in [0, 0.05) is 13.1 Å². The predicted molar refractivity (Wildman–Crippen MR) is 154 cm³/mol.